The summed E-state index contributed by atoms with van der Waals surface area (Å²) in [6.07, 6.45) is 0.787. The second-order valence-electron chi connectivity index (χ2n) is 5.26. The Labute approximate surface area is 127 Å². The number of alkyl halides is 2. The molecule has 5 heteroatoms. The Morgan fingerprint density at radius 1 is 1.23 bits per heavy atom. The van der Waals surface area contributed by atoms with Crippen LogP contribution < -0.4 is 9.64 Å². The molecule has 0 saturated carbocycles. The molecule has 2 aromatic carbocycles. The van der Waals surface area contributed by atoms with Crippen LogP contribution in [0.1, 0.15) is 22.8 Å². The summed E-state index contributed by atoms with van der Waals surface area (Å²) in [6.45, 7) is -0.936. The first-order chi connectivity index (χ1) is 10.6. The van der Waals surface area contributed by atoms with E-state index in [9.17, 15) is 13.6 Å². The smallest absolute Gasteiger partial charge is 0.387 e. The van der Waals surface area contributed by atoms with E-state index in [1.807, 2.05) is 31.2 Å². The van der Waals surface area contributed by atoms with E-state index in [4.69, 9.17) is 0 Å². The Balaban J connectivity index is 1.91. The quantitative estimate of drug-likeness (QED) is 0.861. The minimum Gasteiger partial charge on any atom is -0.435 e. The maximum atomic E-state index is 12.7. The monoisotopic (exact) mass is 303 g/mol. The molecule has 0 bridgehead atoms. The molecule has 0 aliphatic carbocycles. The van der Waals surface area contributed by atoms with Gasteiger partial charge in [0.25, 0.3) is 5.91 Å². The SMILES string of the molecule is CC1Cc2ccccc2N1C(=O)c1cccc(OC(F)F)c1. The molecule has 3 rings (SSSR count). The maximum Gasteiger partial charge on any atom is 0.387 e. The fraction of sp³-hybridized carbons (Fsp3) is 0.235. The number of benzene rings is 2. The Bertz CT molecular complexity index is 703. The molecule has 0 fully saturated rings. The summed E-state index contributed by atoms with van der Waals surface area (Å²) in [5.41, 5.74) is 2.32. The lowest BCUT2D eigenvalue weighted by molar-refractivity contribution is -0.0498. The number of ether oxygens (including phenoxy) is 1. The minimum absolute atomic E-state index is 0.0130. The number of amides is 1. The Morgan fingerprint density at radius 3 is 2.77 bits per heavy atom. The highest BCUT2D eigenvalue weighted by Crippen LogP contribution is 2.33. The second-order valence-corrected chi connectivity index (χ2v) is 5.26. The predicted molar refractivity (Wildman–Crippen MR) is 79.5 cm³/mol. The van der Waals surface area contributed by atoms with Crippen LogP contribution in [0.25, 0.3) is 0 Å². The molecule has 1 aliphatic rings. The molecule has 0 spiro atoms. The molecule has 1 aliphatic heterocycles. The van der Waals surface area contributed by atoms with Crippen molar-refractivity contribution < 1.29 is 18.3 Å². The average Bonchev–Trinajstić information content (AvgIpc) is 2.82. The van der Waals surface area contributed by atoms with Crippen LogP contribution in [0.3, 0.4) is 0 Å². The van der Waals surface area contributed by atoms with Crippen molar-refractivity contribution in [1.82, 2.24) is 0 Å². The van der Waals surface area contributed by atoms with Crippen molar-refractivity contribution in [1.29, 1.82) is 0 Å². The van der Waals surface area contributed by atoms with E-state index in [-0.39, 0.29) is 17.7 Å². The van der Waals surface area contributed by atoms with Gasteiger partial charge in [-0.3, -0.25) is 4.79 Å². The van der Waals surface area contributed by atoms with Gasteiger partial charge in [0.2, 0.25) is 0 Å². The van der Waals surface area contributed by atoms with Crippen molar-refractivity contribution in [2.45, 2.75) is 26.0 Å². The van der Waals surface area contributed by atoms with Crippen LogP contribution in [-0.4, -0.2) is 18.6 Å². The molecule has 0 saturated heterocycles. The van der Waals surface area contributed by atoms with Gasteiger partial charge in [-0.1, -0.05) is 24.3 Å². The van der Waals surface area contributed by atoms with Gasteiger partial charge in [-0.15, -0.1) is 0 Å². The van der Waals surface area contributed by atoms with Gasteiger partial charge < -0.3 is 9.64 Å². The van der Waals surface area contributed by atoms with Gasteiger partial charge in [-0.25, -0.2) is 0 Å². The van der Waals surface area contributed by atoms with Crippen LogP contribution in [0.5, 0.6) is 5.75 Å². The van der Waals surface area contributed by atoms with E-state index in [1.165, 1.54) is 18.2 Å². The largest absolute Gasteiger partial charge is 0.435 e. The van der Waals surface area contributed by atoms with Gasteiger partial charge in [0.05, 0.1) is 0 Å². The van der Waals surface area contributed by atoms with Gasteiger partial charge in [-0.2, -0.15) is 8.78 Å². The molecule has 1 heterocycles. The van der Waals surface area contributed by atoms with E-state index in [0.29, 0.717) is 5.56 Å². The molecule has 2 aromatic rings. The zero-order valence-corrected chi connectivity index (χ0v) is 12.0. The summed E-state index contributed by atoms with van der Waals surface area (Å²) in [5, 5.41) is 0. The molecule has 0 radical (unpaired) electrons. The third-order valence-electron chi connectivity index (χ3n) is 3.73. The first-order valence-corrected chi connectivity index (χ1v) is 7.02. The summed E-state index contributed by atoms with van der Waals surface area (Å²) >= 11 is 0. The van der Waals surface area contributed by atoms with Crippen molar-refractivity contribution in [3.05, 3.63) is 59.7 Å². The highest BCUT2D eigenvalue weighted by atomic mass is 19.3. The summed E-state index contributed by atoms with van der Waals surface area (Å²) in [7, 11) is 0. The van der Waals surface area contributed by atoms with Crippen LogP contribution in [0.15, 0.2) is 48.5 Å². The zero-order chi connectivity index (χ0) is 15.7. The fourth-order valence-corrected chi connectivity index (χ4v) is 2.82. The first kappa shape index (κ1) is 14.5. The summed E-state index contributed by atoms with van der Waals surface area (Å²) in [4.78, 5) is 14.4. The molecular weight excluding hydrogens is 288 g/mol. The number of nitrogens with zero attached hydrogens (tertiary/aromatic N) is 1. The van der Waals surface area contributed by atoms with E-state index in [0.717, 1.165) is 17.7 Å². The number of carbonyl (C=O) groups is 1. The normalized spacial score (nSPS) is 16.7. The van der Waals surface area contributed by atoms with Gasteiger partial charge in [-0.05, 0) is 43.2 Å². The molecule has 114 valence electrons. The Kier molecular flexibility index (Phi) is 3.79. The number of fused-ring (bicyclic) bond motifs is 1. The molecule has 1 atom stereocenters. The number of hydrogen-bond acceptors (Lipinski definition) is 2. The van der Waals surface area contributed by atoms with Gasteiger partial charge >= 0.3 is 6.61 Å². The fourth-order valence-electron chi connectivity index (χ4n) is 2.82. The lowest BCUT2D eigenvalue weighted by Crippen LogP contribution is -2.35. The zero-order valence-electron chi connectivity index (χ0n) is 12.0. The Hall–Kier alpha value is -2.43. The summed E-state index contributed by atoms with van der Waals surface area (Å²) < 4.78 is 29.0. The highest BCUT2D eigenvalue weighted by Gasteiger charge is 2.31. The van der Waals surface area contributed by atoms with Crippen LogP contribution in [0.2, 0.25) is 0 Å². The van der Waals surface area contributed by atoms with E-state index in [2.05, 4.69) is 4.74 Å². The molecule has 1 unspecified atom stereocenters. The van der Waals surface area contributed by atoms with Crippen LogP contribution in [0, 0.1) is 0 Å². The topological polar surface area (TPSA) is 29.5 Å². The minimum atomic E-state index is -2.91. The van der Waals surface area contributed by atoms with Crippen molar-refractivity contribution in [2.24, 2.45) is 0 Å². The van der Waals surface area contributed by atoms with Gasteiger partial charge in [0, 0.05) is 17.3 Å². The highest BCUT2D eigenvalue weighted by molar-refractivity contribution is 6.07. The third-order valence-corrected chi connectivity index (χ3v) is 3.73. The average molecular weight is 303 g/mol. The van der Waals surface area contributed by atoms with Crippen molar-refractivity contribution >= 4 is 11.6 Å². The van der Waals surface area contributed by atoms with E-state index >= 15 is 0 Å². The number of anilines is 1. The van der Waals surface area contributed by atoms with Crippen molar-refractivity contribution in [3.8, 4) is 5.75 Å². The van der Waals surface area contributed by atoms with Crippen molar-refractivity contribution in [3.63, 3.8) is 0 Å². The van der Waals surface area contributed by atoms with Gasteiger partial charge in [0.1, 0.15) is 5.75 Å². The molecular formula is C17H15F2NO2. The number of rotatable bonds is 3. The molecule has 1 amide bonds. The lowest BCUT2D eigenvalue weighted by atomic mass is 10.1. The molecule has 22 heavy (non-hydrogen) atoms. The van der Waals surface area contributed by atoms with Crippen molar-refractivity contribution in [2.75, 3.05) is 4.90 Å². The predicted octanol–water partition coefficient (Wildman–Crippen LogP) is 3.88. The third kappa shape index (κ3) is 2.66. The first-order valence-electron chi connectivity index (χ1n) is 7.02. The number of carbonyl (C=O) groups excluding carboxylic acids is 1. The molecule has 0 aromatic heterocycles. The second kappa shape index (κ2) is 5.75. The maximum absolute atomic E-state index is 12.7. The number of para-hydroxylation sites is 1. The van der Waals surface area contributed by atoms with Crippen LogP contribution in [-0.2, 0) is 6.42 Å². The summed E-state index contributed by atoms with van der Waals surface area (Å²) in [6, 6.07) is 13.7. The molecule has 0 N–H and O–H groups in total. The van der Waals surface area contributed by atoms with E-state index < -0.39 is 6.61 Å². The molecule has 3 nitrogen and oxygen atoms in total. The standard InChI is InChI=1S/C17H15F2NO2/c1-11-9-12-5-2-3-8-15(12)20(11)16(21)13-6-4-7-14(10-13)22-17(18)19/h2-8,10-11,17H,9H2,1H3. The van der Waals surface area contributed by atoms with Crippen LogP contribution >= 0.6 is 0 Å². The summed E-state index contributed by atoms with van der Waals surface area (Å²) in [5.74, 6) is -0.224. The lowest BCUT2D eigenvalue weighted by Gasteiger charge is -2.23. The van der Waals surface area contributed by atoms with E-state index in [1.54, 1.807) is 11.0 Å². The van der Waals surface area contributed by atoms with Gasteiger partial charge in [0.15, 0.2) is 0 Å². The number of halogens is 2. The van der Waals surface area contributed by atoms with Crippen LogP contribution in [0.4, 0.5) is 14.5 Å². The Morgan fingerprint density at radius 2 is 2.00 bits per heavy atom. The number of hydrogen-bond donors (Lipinski definition) is 0.